The van der Waals surface area contributed by atoms with Crippen molar-refractivity contribution in [3.63, 3.8) is 0 Å². The third-order valence-electron chi connectivity index (χ3n) is 10.7. The van der Waals surface area contributed by atoms with Crippen molar-refractivity contribution in [3.05, 3.63) is 188 Å². The van der Waals surface area contributed by atoms with Crippen LogP contribution in [-0.4, -0.2) is 24.9 Å². The van der Waals surface area contributed by atoms with Crippen molar-refractivity contribution >= 4 is 54.3 Å². The van der Waals surface area contributed by atoms with Gasteiger partial charge in [-0.2, -0.15) is 0 Å². The molecule has 5 heteroatoms. The molecule has 0 aliphatic heterocycles. The van der Waals surface area contributed by atoms with Gasteiger partial charge in [-0.1, -0.05) is 127 Å². The maximum atomic E-state index is 5.28. The third-order valence-corrected chi connectivity index (χ3v) is 10.7. The van der Waals surface area contributed by atoms with E-state index in [4.69, 9.17) is 19.9 Å². The van der Waals surface area contributed by atoms with Gasteiger partial charge in [-0.25, -0.2) is 19.9 Å². The van der Waals surface area contributed by atoms with E-state index in [9.17, 15) is 0 Å². The van der Waals surface area contributed by atoms with E-state index in [1.807, 2.05) is 48.9 Å². The van der Waals surface area contributed by atoms with Crippen LogP contribution in [0, 0.1) is 0 Å². The summed E-state index contributed by atoms with van der Waals surface area (Å²) < 4.78 is 0. The highest BCUT2D eigenvalue weighted by atomic mass is 14.9. The fourth-order valence-corrected chi connectivity index (χ4v) is 7.90. The Balaban J connectivity index is 0.948. The zero-order chi connectivity index (χ0) is 37.0. The molecule has 0 radical (unpaired) electrons. The van der Waals surface area contributed by atoms with E-state index in [2.05, 4.69) is 145 Å². The van der Waals surface area contributed by atoms with Gasteiger partial charge in [0, 0.05) is 62.6 Å². The van der Waals surface area contributed by atoms with Crippen LogP contribution in [0.2, 0.25) is 0 Å². The van der Waals surface area contributed by atoms with E-state index in [-0.39, 0.29) is 0 Å². The molecule has 0 spiro atoms. The Labute approximate surface area is 322 Å². The van der Waals surface area contributed by atoms with Crippen molar-refractivity contribution in [1.82, 2.24) is 24.9 Å². The van der Waals surface area contributed by atoms with Gasteiger partial charge in [0.1, 0.15) is 0 Å². The summed E-state index contributed by atoms with van der Waals surface area (Å²) in [5.41, 5.74) is 11.7. The molecule has 0 N–H and O–H groups in total. The first-order valence-electron chi connectivity index (χ1n) is 18.7. The van der Waals surface area contributed by atoms with Gasteiger partial charge < -0.3 is 0 Å². The number of pyridine rings is 3. The van der Waals surface area contributed by atoms with Crippen molar-refractivity contribution in [1.29, 1.82) is 0 Å². The number of aromatic nitrogens is 5. The van der Waals surface area contributed by atoms with Crippen molar-refractivity contribution in [2.75, 3.05) is 0 Å². The molecule has 0 amide bonds. The van der Waals surface area contributed by atoms with Crippen molar-refractivity contribution < 1.29 is 0 Å². The second kappa shape index (κ2) is 13.0. The zero-order valence-corrected chi connectivity index (χ0v) is 30.1. The molecule has 4 aromatic heterocycles. The van der Waals surface area contributed by atoms with Gasteiger partial charge >= 0.3 is 0 Å². The number of hydrogen-bond donors (Lipinski definition) is 0. The van der Waals surface area contributed by atoms with E-state index in [0.29, 0.717) is 5.82 Å². The van der Waals surface area contributed by atoms with Crippen molar-refractivity contribution in [2.45, 2.75) is 0 Å². The van der Waals surface area contributed by atoms with Crippen LogP contribution >= 0.6 is 0 Å². The summed E-state index contributed by atoms with van der Waals surface area (Å²) in [6, 6.07) is 59.5. The molecule has 0 saturated heterocycles. The van der Waals surface area contributed by atoms with E-state index >= 15 is 0 Å². The molecule has 0 aliphatic carbocycles. The highest BCUT2D eigenvalue weighted by Gasteiger charge is 2.13. The van der Waals surface area contributed by atoms with Crippen molar-refractivity contribution in [2.24, 2.45) is 0 Å². The van der Waals surface area contributed by atoms with E-state index in [1.165, 1.54) is 27.1 Å². The SMILES string of the molecule is c1cc(-c2ccc3ccc4ccc(-c5cccc(-c6cc7ccccc7c7ccccc67)c5)nc4c3n2)cc(-c2ncc(-c3cnc4ccccc4c3)cn2)c1. The summed E-state index contributed by atoms with van der Waals surface area (Å²) in [5.74, 6) is 0.654. The first kappa shape index (κ1) is 31.9. The van der Waals surface area contributed by atoms with E-state index in [0.717, 1.165) is 77.5 Å². The molecule has 11 rings (SSSR count). The van der Waals surface area contributed by atoms with Crippen LogP contribution < -0.4 is 0 Å². The van der Waals surface area contributed by atoms with Gasteiger partial charge in [0.2, 0.25) is 0 Å². The van der Waals surface area contributed by atoms with Crippen LogP contribution in [0.1, 0.15) is 0 Å². The number of rotatable bonds is 5. The Morgan fingerprint density at radius 2 is 0.857 bits per heavy atom. The molecule has 56 heavy (non-hydrogen) atoms. The molecule has 260 valence electrons. The topological polar surface area (TPSA) is 64.5 Å². The highest BCUT2D eigenvalue weighted by Crippen LogP contribution is 2.37. The van der Waals surface area contributed by atoms with Crippen LogP contribution in [0.5, 0.6) is 0 Å². The van der Waals surface area contributed by atoms with E-state index < -0.39 is 0 Å². The van der Waals surface area contributed by atoms with Crippen molar-refractivity contribution in [3.8, 4) is 56.2 Å². The zero-order valence-electron chi connectivity index (χ0n) is 30.1. The van der Waals surface area contributed by atoms with Gasteiger partial charge in [0.05, 0.1) is 27.9 Å². The molecular weight excluding hydrogens is 683 g/mol. The number of benzene rings is 7. The number of hydrogen-bond acceptors (Lipinski definition) is 5. The summed E-state index contributed by atoms with van der Waals surface area (Å²) in [6.45, 7) is 0. The lowest BCUT2D eigenvalue weighted by molar-refractivity contribution is 1.18. The normalized spacial score (nSPS) is 11.6. The number of para-hydroxylation sites is 1. The minimum Gasteiger partial charge on any atom is -0.256 e. The molecule has 0 unspecified atom stereocenters. The van der Waals surface area contributed by atoms with Gasteiger partial charge in [-0.05, 0) is 75.1 Å². The Kier molecular flexibility index (Phi) is 7.42. The molecule has 7 aromatic carbocycles. The molecular formula is C51H31N5. The highest BCUT2D eigenvalue weighted by molar-refractivity contribution is 6.14. The summed E-state index contributed by atoms with van der Waals surface area (Å²) >= 11 is 0. The first-order chi connectivity index (χ1) is 27.7. The second-order valence-corrected chi connectivity index (χ2v) is 14.2. The van der Waals surface area contributed by atoms with Gasteiger partial charge in [0.15, 0.2) is 5.82 Å². The fraction of sp³-hybridized carbons (Fsp3) is 0. The standard InChI is InChI=1S/C51H31N5/c1-3-15-42-35(9-1)28-45(44-17-5-4-16-43(42)44)34-11-7-12-37(25-34)47-23-21-32-19-20-33-22-24-48(56-50(33)49(32)55-47)38-13-8-14-39(26-38)51-53-30-41(31-54-51)40-27-36-10-2-6-18-46(36)52-29-40/h1-31H. The average molecular weight is 714 g/mol. The van der Waals surface area contributed by atoms with Crippen LogP contribution in [0.3, 0.4) is 0 Å². The van der Waals surface area contributed by atoms with Gasteiger partial charge in [-0.15, -0.1) is 0 Å². The van der Waals surface area contributed by atoms with Crippen LogP contribution in [0.25, 0.3) is 110 Å². The van der Waals surface area contributed by atoms with E-state index in [1.54, 1.807) is 0 Å². The summed E-state index contributed by atoms with van der Waals surface area (Å²) in [7, 11) is 0. The maximum Gasteiger partial charge on any atom is 0.159 e. The maximum absolute atomic E-state index is 5.28. The Bertz CT molecular complexity index is 3320. The average Bonchev–Trinajstić information content (AvgIpc) is 3.28. The van der Waals surface area contributed by atoms with Crippen LogP contribution in [0.4, 0.5) is 0 Å². The summed E-state index contributed by atoms with van der Waals surface area (Å²) in [4.78, 5) is 24.6. The van der Waals surface area contributed by atoms with Gasteiger partial charge in [-0.3, -0.25) is 4.98 Å². The largest absolute Gasteiger partial charge is 0.256 e. The number of nitrogens with zero attached hydrogens (tertiary/aromatic N) is 5. The molecule has 0 fully saturated rings. The van der Waals surface area contributed by atoms with Gasteiger partial charge in [0.25, 0.3) is 0 Å². The predicted molar refractivity (Wildman–Crippen MR) is 230 cm³/mol. The Morgan fingerprint density at radius 1 is 0.304 bits per heavy atom. The molecule has 0 bridgehead atoms. The molecule has 0 aliphatic rings. The smallest absolute Gasteiger partial charge is 0.159 e. The fourth-order valence-electron chi connectivity index (χ4n) is 7.90. The number of fused-ring (bicyclic) bond motifs is 7. The second-order valence-electron chi connectivity index (χ2n) is 14.2. The predicted octanol–water partition coefficient (Wildman–Crippen LogP) is 12.8. The molecule has 5 nitrogen and oxygen atoms in total. The molecule has 11 aromatic rings. The monoisotopic (exact) mass is 713 g/mol. The molecule has 4 heterocycles. The Morgan fingerprint density at radius 3 is 1.59 bits per heavy atom. The minimum atomic E-state index is 0.654. The van der Waals surface area contributed by atoms with Crippen LogP contribution in [-0.2, 0) is 0 Å². The summed E-state index contributed by atoms with van der Waals surface area (Å²) in [6.07, 6.45) is 5.60. The quantitative estimate of drug-likeness (QED) is 0.166. The lowest BCUT2D eigenvalue weighted by Crippen LogP contribution is -1.93. The first-order valence-corrected chi connectivity index (χ1v) is 18.7. The summed E-state index contributed by atoms with van der Waals surface area (Å²) in [5, 5.41) is 8.17. The Hall–Kier alpha value is -7.63. The molecule has 0 saturated carbocycles. The third kappa shape index (κ3) is 5.53. The lowest BCUT2D eigenvalue weighted by atomic mass is 9.92. The minimum absolute atomic E-state index is 0.654. The lowest BCUT2D eigenvalue weighted by Gasteiger charge is -2.12. The van der Waals surface area contributed by atoms with Crippen LogP contribution in [0.15, 0.2) is 188 Å². The molecule has 0 atom stereocenters.